The van der Waals surface area contributed by atoms with Crippen molar-refractivity contribution >= 4 is 33.1 Å². The molecule has 0 saturated carbocycles. The lowest BCUT2D eigenvalue weighted by Crippen LogP contribution is -2.39. The van der Waals surface area contributed by atoms with E-state index in [-0.39, 0.29) is 24.8 Å². The third-order valence-electron chi connectivity index (χ3n) is 3.91. The van der Waals surface area contributed by atoms with E-state index in [0.29, 0.717) is 27.4 Å². The number of hydrogen-bond acceptors (Lipinski definition) is 6. The number of thiophene rings is 1. The molecule has 0 radical (unpaired) electrons. The molecule has 3 aromatic rings. The van der Waals surface area contributed by atoms with Crippen molar-refractivity contribution in [1.82, 2.24) is 9.13 Å². The summed E-state index contributed by atoms with van der Waals surface area (Å²) in [5.41, 5.74) is 0.104. The number of carbonyl (C=O) groups excluding carboxylic acids is 1. The number of nitrogens with one attached hydrogen (secondary N) is 1. The Bertz CT molecular complexity index is 1110. The van der Waals surface area contributed by atoms with Gasteiger partial charge >= 0.3 is 5.69 Å². The van der Waals surface area contributed by atoms with Crippen LogP contribution in [-0.2, 0) is 18.4 Å². The van der Waals surface area contributed by atoms with Crippen molar-refractivity contribution in [3.05, 3.63) is 50.5 Å². The number of ether oxygens (including phenoxy) is 2. The van der Waals surface area contributed by atoms with Gasteiger partial charge in [0.25, 0.3) is 5.56 Å². The lowest BCUT2D eigenvalue weighted by Gasteiger charge is -2.10. The summed E-state index contributed by atoms with van der Waals surface area (Å²) in [7, 11) is 1.40. The van der Waals surface area contributed by atoms with Crippen LogP contribution in [0.5, 0.6) is 11.5 Å². The van der Waals surface area contributed by atoms with E-state index in [9.17, 15) is 14.4 Å². The summed E-state index contributed by atoms with van der Waals surface area (Å²) in [6.45, 7) is -0.0507. The number of carbonyl (C=O) groups is 1. The minimum atomic E-state index is -0.531. The third kappa shape index (κ3) is 2.58. The first-order chi connectivity index (χ1) is 12.0. The zero-order chi connectivity index (χ0) is 17.6. The van der Waals surface area contributed by atoms with Gasteiger partial charge in [0.15, 0.2) is 11.5 Å². The van der Waals surface area contributed by atoms with Crippen molar-refractivity contribution < 1.29 is 14.3 Å². The molecule has 0 bridgehead atoms. The van der Waals surface area contributed by atoms with Gasteiger partial charge in [-0.25, -0.2) is 4.79 Å². The summed E-state index contributed by atoms with van der Waals surface area (Å²) in [6.07, 6.45) is 0. The predicted molar refractivity (Wildman–Crippen MR) is 92.5 cm³/mol. The van der Waals surface area contributed by atoms with Crippen molar-refractivity contribution in [1.29, 1.82) is 0 Å². The molecule has 2 aromatic heterocycles. The molecule has 0 saturated heterocycles. The largest absolute Gasteiger partial charge is 0.454 e. The van der Waals surface area contributed by atoms with E-state index < -0.39 is 5.69 Å². The second-order valence-corrected chi connectivity index (χ2v) is 6.40. The van der Waals surface area contributed by atoms with Crippen LogP contribution in [0.3, 0.4) is 0 Å². The Kier molecular flexibility index (Phi) is 3.57. The molecule has 8 nitrogen and oxygen atoms in total. The number of aromatic nitrogens is 2. The lowest BCUT2D eigenvalue weighted by atomic mass is 10.2. The number of nitrogens with zero attached hydrogens (tertiary/aromatic N) is 2. The van der Waals surface area contributed by atoms with Crippen molar-refractivity contribution in [3.63, 3.8) is 0 Å². The fraction of sp³-hybridized carbons (Fsp3) is 0.188. The molecule has 1 N–H and O–H groups in total. The topological polar surface area (TPSA) is 91.6 Å². The van der Waals surface area contributed by atoms with Gasteiger partial charge in [-0.1, -0.05) is 0 Å². The standard InChI is InChI=1S/C16H13N3O5S/c1-18-15(21)14-10(4-5-25-14)19(16(18)22)7-13(20)17-9-2-3-11-12(6-9)24-8-23-11/h2-6H,7-8H2,1H3,(H,17,20). The van der Waals surface area contributed by atoms with E-state index in [1.54, 1.807) is 29.6 Å². The number of benzene rings is 1. The summed E-state index contributed by atoms with van der Waals surface area (Å²) < 4.78 is 13.2. The molecule has 1 aromatic carbocycles. The quantitative estimate of drug-likeness (QED) is 0.757. The van der Waals surface area contributed by atoms with Gasteiger partial charge in [0.05, 0.1) is 5.52 Å². The van der Waals surface area contributed by atoms with E-state index in [1.807, 2.05) is 0 Å². The van der Waals surface area contributed by atoms with Crippen molar-refractivity contribution in [2.45, 2.75) is 6.54 Å². The van der Waals surface area contributed by atoms with Crippen LogP contribution in [0.25, 0.3) is 10.2 Å². The second kappa shape index (κ2) is 5.78. The van der Waals surface area contributed by atoms with Gasteiger partial charge in [0.1, 0.15) is 11.2 Å². The Morgan fingerprint density at radius 2 is 2.04 bits per heavy atom. The van der Waals surface area contributed by atoms with E-state index in [0.717, 1.165) is 4.57 Å². The Morgan fingerprint density at radius 1 is 1.24 bits per heavy atom. The van der Waals surface area contributed by atoms with Crippen LogP contribution >= 0.6 is 11.3 Å². The van der Waals surface area contributed by atoms with E-state index in [2.05, 4.69) is 5.32 Å². The molecule has 128 valence electrons. The zero-order valence-electron chi connectivity index (χ0n) is 13.1. The molecule has 1 aliphatic heterocycles. The summed E-state index contributed by atoms with van der Waals surface area (Å²) in [4.78, 5) is 36.8. The van der Waals surface area contributed by atoms with Crippen LogP contribution in [-0.4, -0.2) is 21.8 Å². The van der Waals surface area contributed by atoms with Gasteiger partial charge < -0.3 is 14.8 Å². The maximum Gasteiger partial charge on any atom is 0.331 e. The van der Waals surface area contributed by atoms with Crippen LogP contribution in [0.4, 0.5) is 5.69 Å². The van der Waals surface area contributed by atoms with Gasteiger partial charge in [-0.15, -0.1) is 11.3 Å². The monoisotopic (exact) mass is 359 g/mol. The molecule has 25 heavy (non-hydrogen) atoms. The van der Waals surface area contributed by atoms with Crippen LogP contribution in [0.15, 0.2) is 39.2 Å². The van der Waals surface area contributed by atoms with Crippen LogP contribution in [0.1, 0.15) is 0 Å². The molecule has 9 heteroatoms. The normalized spacial score (nSPS) is 12.5. The summed E-state index contributed by atoms with van der Waals surface area (Å²) in [5.74, 6) is 0.789. The zero-order valence-corrected chi connectivity index (χ0v) is 14.0. The Morgan fingerprint density at radius 3 is 2.88 bits per heavy atom. The van der Waals surface area contributed by atoms with E-state index >= 15 is 0 Å². The van der Waals surface area contributed by atoms with E-state index in [4.69, 9.17) is 9.47 Å². The smallest absolute Gasteiger partial charge is 0.331 e. The Balaban J connectivity index is 1.63. The minimum Gasteiger partial charge on any atom is -0.454 e. The maximum atomic E-state index is 12.4. The molecule has 0 aliphatic carbocycles. The van der Waals surface area contributed by atoms with Gasteiger partial charge in [0, 0.05) is 18.8 Å². The summed E-state index contributed by atoms with van der Waals surface area (Å²) >= 11 is 1.24. The number of amides is 1. The van der Waals surface area contributed by atoms with Crippen molar-refractivity contribution in [2.24, 2.45) is 7.05 Å². The number of fused-ring (bicyclic) bond motifs is 2. The number of rotatable bonds is 3. The highest BCUT2D eigenvalue weighted by atomic mass is 32.1. The van der Waals surface area contributed by atoms with Gasteiger partial charge in [-0.2, -0.15) is 0 Å². The minimum absolute atomic E-state index is 0.149. The average molecular weight is 359 g/mol. The van der Waals surface area contributed by atoms with Crippen LogP contribution in [0, 0.1) is 0 Å². The van der Waals surface area contributed by atoms with Gasteiger partial charge in [-0.05, 0) is 23.6 Å². The van der Waals surface area contributed by atoms with Gasteiger partial charge in [0.2, 0.25) is 12.7 Å². The van der Waals surface area contributed by atoms with Crippen LogP contribution in [0.2, 0.25) is 0 Å². The first kappa shape index (κ1) is 15.5. The highest BCUT2D eigenvalue weighted by molar-refractivity contribution is 7.17. The van der Waals surface area contributed by atoms with Crippen LogP contribution < -0.4 is 26.0 Å². The first-order valence-electron chi connectivity index (χ1n) is 7.41. The second-order valence-electron chi connectivity index (χ2n) is 5.48. The van der Waals surface area contributed by atoms with Crippen molar-refractivity contribution in [2.75, 3.05) is 12.1 Å². The summed E-state index contributed by atoms with van der Waals surface area (Å²) in [6, 6.07) is 6.71. The molecule has 0 spiro atoms. The maximum absolute atomic E-state index is 12.4. The molecular formula is C16H13N3O5S. The Hall–Kier alpha value is -3.07. The Labute approximate surface area is 144 Å². The fourth-order valence-electron chi connectivity index (χ4n) is 2.67. The molecule has 4 rings (SSSR count). The molecule has 1 aliphatic rings. The number of anilines is 1. The molecule has 0 atom stereocenters. The molecule has 1 amide bonds. The highest BCUT2D eigenvalue weighted by Gasteiger charge is 2.16. The third-order valence-corrected chi connectivity index (χ3v) is 4.80. The predicted octanol–water partition coefficient (Wildman–Crippen LogP) is 1.13. The number of hydrogen-bond donors (Lipinski definition) is 1. The SMILES string of the molecule is Cn1c(=O)c2sccc2n(CC(=O)Nc2ccc3c(c2)OCO3)c1=O. The van der Waals surface area contributed by atoms with Gasteiger partial charge in [-0.3, -0.25) is 18.7 Å². The summed E-state index contributed by atoms with van der Waals surface area (Å²) in [5, 5.41) is 4.44. The van der Waals surface area contributed by atoms with E-state index in [1.165, 1.54) is 23.0 Å². The highest BCUT2D eigenvalue weighted by Crippen LogP contribution is 2.34. The molecule has 0 unspecified atom stereocenters. The molecule has 3 heterocycles. The van der Waals surface area contributed by atoms with Crippen molar-refractivity contribution in [3.8, 4) is 11.5 Å². The molecule has 0 fully saturated rings. The average Bonchev–Trinajstić information content (AvgIpc) is 3.25. The molecular weight excluding hydrogens is 346 g/mol. The fourth-order valence-corrected chi connectivity index (χ4v) is 3.54. The first-order valence-corrected chi connectivity index (χ1v) is 8.29. The lowest BCUT2D eigenvalue weighted by molar-refractivity contribution is -0.116.